The number of aromatic nitrogens is 3. The van der Waals surface area contributed by atoms with E-state index in [2.05, 4.69) is 15.4 Å². The van der Waals surface area contributed by atoms with E-state index in [1.807, 2.05) is 0 Å². The van der Waals surface area contributed by atoms with Gasteiger partial charge in [-0.25, -0.2) is 9.50 Å². The van der Waals surface area contributed by atoms with Crippen LogP contribution < -0.4 is 11.1 Å². The molecule has 2 aromatic heterocycles. The third-order valence-corrected chi connectivity index (χ3v) is 3.66. The lowest BCUT2D eigenvalue weighted by molar-refractivity contribution is -0.147. The normalized spacial score (nSPS) is 15.2. The third-order valence-electron chi connectivity index (χ3n) is 3.66. The monoisotopic (exact) mass is 309 g/mol. The molecule has 0 radical (unpaired) electrons. The number of alkyl halides is 2. The van der Waals surface area contributed by atoms with E-state index in [1.54, 1.807) is 16.8 Å². The van der Waals surface area contributed by atoms with Crippen LogP contribution in [0.5, 0.6) is 0 Å². The summed E-state index contributed by atoms with van der Waals surface area (Å²) in [6, 6.07) is 1.69. The fraction of sp³-hybridized carbons (Fsp3) is 0.500. The van der Waals surface area contributed by atoms with Crippen LogP contribution in [0.4, 0.5) is 8.78 Å². The number of carbonyl (C=O) groups excluding carboxylic acids is 1. The second kappa shape index (κ2) is 5.60. The van der Waals surface area contributed by atoms with Crippen molar-refractivity contribution in [2.75, 3.05) is 0 Å². The van der Waals surface area contributed by atoms with Gasteiger partial charge in [-0.3, -0.25) is 4.79 Å². The van der Waals surface area contributed by atoms with Gasteiger partial charge in [-0.15, -0.1) is 0 Å². The van der Waals surface area contributed by atoms with Crippen LogP contribution in [-0.4, -0.2) is 26.4 Å². The SMILES string of the molecule is NCc1cn2ncc(CNC(=O)C(F)(F)CC3CC3)cc2n1. The van der Waals surface area contributed by atoms with Gasteiger partial charge in [0, 0.05) is 19.5 Å². The Bertz CT molecular complexity index is 696. The lowest BCUT2D eigenvalue weighted by Gasteiger charge is -2.15. The van der Waals surface area contributed by atoms with Crippen molar-refractivity contribution in [3.63, 3.8) is 0 Å². The molecule has 22 heavy (non-hydrogen) atoms. The van der Waals surface area contributed by atoms with Crippen molar-refractivity contribution in [3.8, 4) is 0 Å². The van der Waals surface area contributed by atoms with Crippen LogP contribution >= 0.6 is 0 Å². The number of rotatable bonds is 6. The number of hydrogen-bond donors (Lipinski definition) is 2. The molecule has 0 atom stereocenters. The van der Waals surface area contributed by atoms with Gasteiger partial charge in [-0.1, -0.05) is 0 Å². The zero-order valence-electron chi connectivity index (χ0n) is 11.9. The number of halogens is 2. The van der Waals surface area contributed by atoms with E-state index in [0.717, 1.165) is 12.8 Å². The van der Waals surface area contributed by atoms with Gasteiger partial charge in [0.05, 0.1) is 18.1 Å². The number of carbonyl (C=O) groups is 1. The van der Waals surface area contributed by atoms with E-state index in [0.29, 0.717) is 23.4 Å². The Labute approximate surface area is 125 Å². The minimum Gasteiger partial charge on any atom is -0.347 e. The number of nitrogens with two attached hydrogens (primary N) is 1. The first-order valence-electron chi connectivity index (χ1n) is 7.17. The maximum atomic E-state index is 13.7. The van der Waals surface area contributed by atoms with E-state index < -0.39 is 11.8 Å². The van der Waals surface area contributed by atoms with Gasteiger partial charge in [0.25, 0.3) is 5.91 Å². The summed E-state index contributed by atoms with van der Waals surface area (Å²) in [5.41, 5.74) is 7.36. The van der Waals surface area contributed by atoms with E-state index in [1.165, 1.54) is 6.20 Å². The van der Waals surface area contributed by atoms with Crippen LogP contribution in [0, 0.1) is 5.92 Å². The Kier molecular flexibility index (Phi) is 3.78. The van der Waals surface area contributed by atoms with E-state index >= 15 is 0 Å². The predicted molar refractivity (Wildman–Crippen MR) is 75.0 cm³/mol. The van der Waals surface area contributed by atoms with E-state index in [-0.39, 0.29) is 18.9 Å². The van der Waals surface area contributed by atoms with Gasteiger partial charge >= 0.3 is 5.92 Å². The molecular weight excluding hydrogens is 292 g/mol. The standard InChI is InChI=1S/C14H17F2N5O/c15-14(16,4-9-1-2-9)13(22)18-6-10-3-12-20-11(5-17)8-21(12)19-7-10/h3,7-9H,1-2,4-6,17H2,(H,18,22). The molecule has 1 amide bonds. The third kappa shape index (κ3) is 3.22. The van der Waals surface area contributed by atoms with Crippen molar-refractivity contribution >= 4 is 11.6 Å². The summed E-state index contributed by atoms with van der Waals surface area (Å²) in [6.45, 7) is 0.288. The molecule has 3 N–H and O–H groups in total. The second-order valence-electron chi connectivity index (χ2n) is 5.64. The van der Waals surface area contributed by atoms with Gasteiger partial charge in [-0.05, 0) is 30.4 Å². The van der Waals surface area contributed by atoms with Crippen molar-refractivity contribution in [2.24, 2.45) is 11.7 Å². The van der Waals surface area contributed by atoms with Gasteiger partial charge in [0.1, 0.15) is 0 Å². The highest BCUT2D eigenvalue weighted by atomic mass is 19.3. The topological polar surface area (TPSA) is 85.3 Å². The van der Waals surface area contributed by atoms with Crippen molar-refractivity contribution in [3.05, 3.63) is 29.7 Å². The summed E-state index contributed by atoms with van der Waals surface area (Å²) in [5, 5.41) is 6.38. The Morgan fingerprint density at radius 1 is 1.50 bits per heavy atom. The zero-order valence-corrected chi connectivity index (χ0v) is 11.9. The first-order chi connectivity index (χ1) is 10.5. The van der Waals surface area contributed by atoms with Crippen molar-refractivity contribution < 1.29 is 13.6 Å². The first-order valence-corrected chi connectivity index (χ1v) is 7.17. The number of hydrogen-bond acceptors (Lipinski definition) is 4. The summed E-state index contributed by atoms with van der Waals surface area (Å²) in [7, 11) is 0. The molecule has 0 aliphatic heterocycles. The minimum atomic E-state index is -3.31. The molecule has 0 spiro atoms. The maximum absolute atomic E-state index is 13.7. The average Bonchev–Trinajstić information content (AvgIpc) is 3.18. The van der Waals surface area contributed by atoms with Crippen LogP contribution in [0.3, 0.4) is 0 Å². The first kappa shape index (κ1) is 14.8. The van der Waals surface area contributed by atoms with E-state index in [9.17, 15) is 13.6 Å². The summed E-state index contributed by atoms with van der Waals surface area (Å²) in [6.07, 6.45) is 4.41. The zero-order chi connectivity index (χ0) is 15.7. The van der Waals surface area contributed by atoms with Crippen LogP contribution in [0.1, 0.15) is 30.5 Å². The van der Waals surface area contributed by atoms with Crippen molar-refractivity contribution in [2.45, 2.75) is 38.3 Å². The van der Waals surface area contributed by atoms with Crippen molar-refractivity contribution in [1.82, 2.24) is 19.9 Å². The molecule has 6 nitrogen and oxygen atoms in total. The number of nitrogens with one attached hydrogen (secondary N) is 1. The minimum absolute atomic E-state index is 0.00654. The smallest absolute Gasteiger partial charge is 0.324 e. The molecule has 118 valence electrons. The number of imidazole rings is 1. The summed E-state index contributed by atoms with van der Waals surface area (Å²) in [4.78, 5) is 15.8. The molecule has 0 unspecified atom stereocenters. The molecular formula is C14H17F2N5O. The number of fused-ring (bicyclic) bond motifs is 1. The Morgan fingerprint density at radius 2 is 2.27 bits per heavy atom. The molecule has 8 heteroatoms. The van der Waals surface area contributed by atoms with Gasteiger partial charge in [0.15, 0.2) is 5.65 Å². The van der Waals surface area contributed by atoms with Crippen LogP contribution in [0.25, 0.3) is 5.65 Å². The molecule has 1 aliphatic carbocycles. The molecule has 0 bridgehead atoms. The summed E-state index contributed by atoms with van der Waals surface area (Å²) in [5.74, 6) is -4.55. The van der Waals surface area contributed by atoms with E-state index in [4.69, 9.17) is 5.73 Å². The highest BCUT2D eigenvalue weighted by Crippen LogP contribution is 2.39. The summed E-state index contributed by atoms with van der Waals surface area (Å²) < 4.78 is 28.9. The highest BCUT2D eigenvalue weighted by Gasteiger charge is 2.43. The maximum Gasteiger partial charge on any atom is 0.324 e. The average molecular weight is 309 g/mol. The lowest BCUT2D eigenvalue weighted by Crippen LogP contribution is -2.40. The molecule has 1 fully saturated rings. The van der Waals surface area contributed by atoms with Crippen LogP contribution in [-0.2, 0) is 17.9 Å². The molecule has 1 saturated carbocycles. The fourth-order valence-electron chi connectivity index (χ4n) is 2.25. The predicted octanol–water partition coefficient (Wildman–Crippen LogP) is 1.24. The number of amides is 1. The molecule has 3 rings (SSSR count). The molecule has 2 aromatic rings. The van der Waals surface area contributed by atoms with Crippen molar-refractivity contribution in [1.29, 1.82) is 0 Å². The highest BCUT2D eigenvalue weighted by molar-refractivity contribution is 5.83. The molecule has 1 aliphatic rings. The Hall–Kier alpha value is -2.09. The molecule has 2 heterocycles. The summed E-state index contributed by atoms with van der Waals surface area (Å²) >= 11 is 0. The second-order valence-corrected chi connectivity index (χ2v) is 5.64. The van der Waals surface area contributed by atoms with Crippen LogP contribution in [0.15, 0.2) is 18.5 Å². The number of nitrogens with zero attached hydrogens (tertiary/aromatic N) is 3. The van der Waals surface area contributed by atoms with Gasteiger partial charge < -0.3 is 11.1 Å². The molecule has 0 aromatic carbocycles. The largest absolute Gasteiger partial charge is 0.347 e. The lowest BCUT2D eigenvalue weighted by atomic mass is 10.1. The van der Waals surface area contributed by atoms with Crippen LogP contribution in [0.2, 0.25) is 0 Å². The quantitative estimate of drug-likeness (QED) is 0.840. The fourth-order valence-corrected chi connectivity index (χ4v) is 2.25. The Morgan fingerprint density at radius 3 is 2.95 bits per heavy atom. The van der Waals surface area contributed by atoms with Gasteiger partial charge in [-0.2, -0.15) is 13.9 Å². The Balaban J connectivity index is 1.63. The molecule has 0 saturated heterocycles. The van der Waals surface area contributed by atoms with Gasteiger partial charge in [0.2, 0.25) is 0 Å².